The molecule has 2 N–H and O–H groups in total. The van der Waals surface area contributed by atoms with Crippen LogP contribution >= 0.6 is 0 Å². The number of halogens is 2. The summed E-state index contributed by atoms with van der Waals surface area (Å²) in [6.45, 7) is 3.50. The molecule has 3 rings (SSSR count). The molecule has 26 heavy (non-hydrogen) atoms. The zero-order valence-electron chi connectivity index (χ0n) is 14.2. The number of anilines is 1. The van der Waals surface area contributed by atoms with E-state index < -0.39 is 11.6 Å². The molecule has 0 atom stereocenters. The largest absolute Gasteiger partial charge is 0.492 e. The molecule has 1 saturated heterocycles. The Kier molecular flexibility index (Phi) is 5.77. The van der Waals surface area contributed by atoms with Crippen molar-refractivity contribution >= 4 is 11.9 Å². The molecule has 0 saturated carbocycles. The number of hydrogen-bond acceptors (Lipinski definition) is 5. The topological polar surface area (TPSA) is 79.9 Å². The van der Waals surface area contributed by atoms with Crippen molar-refractivity contribution in [1.82, 2.24) is 14.9 Å². The van der Waals surface area contributed by atoms with Gasteiger partial charge in [-0.1, -0.05) is 0 Å². The molecule has 0 unspecified atom stereocenters. The Hall–Kier alpha value is -2.97. The molecule has 2 heterocycles. The normalized spacial score (nSPS) is 15.2. The summed E-state index contributed by atoms with van der Waals surface area (Å²) in [5.41, 5.74) is 6.02. The second-order valence-corrected chi connectivity index (χ2v) is 5.69. The number of aliphatic imine (C=N–C) groups is 1. The molecule has 7 nitrogen and oxygen atoms in total. The highest BCUT2D eigenvalue weighted by atomic mass is 19.2. The van der Waals surface area contributed by atoms with Gasteiger partial charge in [0.1, 0.15) is 12.4 Å². The maximum atomic E-state index is 13.1. The standard InChI is InChI=1S/C17H20F2N6O/c18-14-3-2-13(12-15(14)19)26-11-6-21-16(20)24-7-9-25(10-8-24)17-22-4-1-5-23-17/h1-5,12H,6-11H2,(H2,20,21). The number of benzene rings is 1. The van der Waals surface area contributed by atoms with Crippen LogP contribution in [0.1, 0.15) is 0 Å². The van der Waals surface area contributed by atoms with Crippen LogP contribution in [0.4, 0.5) is 14.7 Å². The maximum absolute atomic E-state index is 13.1. The number of nitrogens with two attached hydrogens (primary N) is 1. The van der Waals surface area contributed by atoms with Crippen molar-refractivity contribution in [1.29, 1.82) is 0 Å². The van der Waals surface area contributed by atoms with Crippen LogP contribution in [0.15, 0.2) is 41.7 Å². The van der Waals surface area contributed by atoms with Crippen LogP contribution < -0.4 is 15.4 Å². The average Bonchev–Trinajstić information content (AvgIpc) is 2.68. The lowest BCUT2D eigenvalue weighted by Gasteiger charge is -2.35. The highest BCUT2D eigenvalue weighted by Gasteiger charge is 2.19. The molecule has 9 heteroatoms. The number of rotatable bonds is 5. The van der Waals surface area contributed by atoms with Crippen LogP contribution in [0.3, 0.4) is 0 Å². The van der Waals surface area contributed by atoms with Gasteiger partial charge in [-0.25, -0.2) is 23.7 Å². The van der Waals surface area contributed by atoms with Gasteiger partial charge < -0.3 is 20.3 Å². The molecule has 138 valence electrons. The van der Waals surface area contributed by atoms with E-state index in [4.69, 9.17) is 10.5 Å². The third kappa shape index (κ3) is 4.56. The molecule has 2 aromatic rings. The molecule has 1 aliphatic rings. The number of aromatic nitrogens is 2. The van der Waals surface area contributed by atoms with Crippen LogP contribution in [0.2, 0.25) is 0 Å². The minimum atomic E-state index is -0.939. The zero-order chi connectivity index (χ0) is 18.4. The van der Waals surface area contributed by atoms with Gasteiger partial charge in [0.25, 0.3) is 0 Å². The lowest BCUT2D eigenvalue weighted by molar-refractivity contribution is 0.322. The van der Waals surface area contributed by atoms with Crippen molar-refractivity contribution < 1.29 is 13.5 Å². The van der Waals surface area contributed by atoms with Gasteiger partial charge >= 0.3 is 0 Å². The van der Waals surface area contributed by atoms with Crippen molar-refractivity contribution in [3.05, 3.63) is 48.3 Å². The summed E-state index contributed by atoms with van der Waals surface area (Å²) < 4.78 is 31.3. The third-order valence-corrected chi connectivity index (χ3v) is 3.96. The zero-order valence-corrected chi connectivity index (χ0v) is 14.2. The van der Waals surface area contributed by atoms with Gasteiger partial charge in [0, 0.05) is 44.6 Å². The summed E-state index contributed by atoms with van der Waals surface area (Å²) in [4.78, 5) is 16.8. The van der Waals surface area contributed by atoms with E-state index in [1.54, 1.807) is 18.5 Å². The first-order valence-electron chi connectivity index (χ1n) is 8.28. The molecular formula is C17H20F2N6O. The summed E-state index contributed by atoms with van der Waals surface area (Å²) in [7, 11) is 0. The van der Waals surface area contributed by atoms with Gasteiger partial charge in [-0.15, -0.1) is 0 Å². The molecular weight excluding hydrogens is 342 g/mol. The van der Waals surface area contributed by atoms with Gasteiger partial charge in [0.15, 0.2) is 17.6 Å². The highest BCUT2D eigenvalue weighted by molar-refractivity contribution is 5.78. The quantitative estimate of drug-likeness (QED) is 0.490. The fourth-order valence-electron chi connectivity index (χ4n) is 2.58. The first-order valence-corrected chi connectivity index (χ1v) is 8.28. The molecule has 0 bridgehead atoms. The minimum absolute atomic E-state index is 0.226. The van der Waals surface area contributed by atoms with E-state index in [-0.39, 0.29) is 12.4 Å². The fourth-order valence-corrected chi connectivity index (χ4v) is 2.58. The van der Waals surface area contributed by atoms with Crippen molar-refractivity contribution in [2.45, 2.75) is 0 Å². The molecule has 1 fully saturated rings. The van der Waals surface area contributed by atoms with E-state index in [2.05, 4.69) is 19.9 Å². The van der Waals surface area contributed by atoms with Gasteiger partial charge in [0.05, 0.1) is 6.54 Å². The van der Waals surface area contributed by atoms with Crippen molar-refractivity contribution in [2.24, 2.45) is 10.7 Å². The van der Waals surface area contributed by atoms with E-state index >= 15 is 0 Å². The molecule has 0 spiro atoms. The van der Waals surface area contributed by atoms with E-state index in [0.717, 1.165) is 38.3 Å². The number of ether oxygens (including phenoxy) is 1. The summed E-state index contributed by atoms with van der Waals surface area (Å²) in [5.74, 6) is -0.435. The van der Waals surface area contributed by atoms with E-state index in [9.17, 15) is 8.78 Å². The Morgan fingerprint density at radius 2 is 1.85 bits per heavy atom. The second kappa shape index (κ2) is 8.41. The van der Waals surface area contributed by atoms with Gasteiger partial charge in [-0.2, -0.15) is 0 Å². The molecule has 1 aliphatic heterocycles. The molecule has 0 aliphatic carbocycles. The number of piperazine rings is 1. The average molecular weight is 362 g/mol. The smallest absolute Gasteiger partial charge is 0.225 e. The lowest BCUT2D eigenvalue weighted by Crippen LogP contribution is -2.51. The van der Waals surface area contributed by atoms with Crippen LogP contribution in [0.25, 0.3) is 0 Å². The van der Waals surface area contributed by atoms with Crippen LogP contribution in [-0.2, 0) is 0 Å². The Morgan fingerprint density at radius 3 is 2.54 bits per heavy atom. The fraction of sp³-hybridized carbons (Fsp3) is 0.353. The summed E-state index contributed by atoms with van der Waals surface area (Å²) in [6.07, 6.45) is 3.44. The predicted octanol–water partition coefficient (Wildman–Crippen LogP) is 1.27. The van der Waals surface area contributed by atoms with Crippen molar-refractivity contribution in [3.8, 4) is 5.75 Å². The van der Waals surface area contributed by atoms with Gasteiger partial charge in [-0.3, -0.25) is 0 Å². The van der Waals surface area contributed by atoms with Gasteiger partial charge in [0.2, 0.25) is 5.95 Å². The lowest BCUT2D eigenvalue weighted by atomic mass is 10.3. The van der Waals surface area contributed by atoms with Crippen molar-refractivity contribution in [2.75, 3.05) is 44.2 Å². The predicted molar refractivity (Wildman–Crippen MR) is 94.2 cm³/mol. The van der Waals surface area contributed by atoms with Gasteiger partial charge in [-0.05, 0) is 18.2 Å². The monoisotopic (exact) mass is 362 g/mol. The van der Waals surface area contributed by atoms with E-state index in [1.165, 1.54) is 6.07 Å². The highest BCUT2D eigenvalue weighted by Crippen LogP contribution is 2.15. The minimum Gasteiger partial charge on any atom is -0.492 e. The van der Waals surface area contributed by atoms with Crippen LogP contribution in [0.5, 0.6) is 5.75 Å². The Morgan fingerprint density at radius 1 is 1.12 bits per heavy atom. The molecule has 1 aromatic carbocycles. The summed E-state index contributed by atoms with van der Waals surface area (Å²) >= 11 is 0. The summed E-state index contributed by atoms with van der Waals surface area (Å²) in [6, 6.07) is 5.19. The Balaban J connectivity index is 1.43. The maximum Gasteiger partial charge on any atom is 0.225 e. The van der Waals surface area contributed by atoms with E-state index in [1.807, 2.05) is 4.90 Å². The Bertz CT molecular complexity index is 750. The Labute approximate surface area is 150 Å². The number of guanidine groups is 1. The first kappa shape index (κ1) is 17.8. The van der Waals surface area contributed by atoms with Crippen molar-refractivity contribution in [3.63, 3.8) is 0 Å². The van der Waals surface area contributed by atoms with Crippen LogP contribution in [0, 0.1) is 11.6 Å². The second-order valence-electron chi connectivity index (χ2n) is 5.69. The summed E-state index contributed by atoms with van der Waals surface area (Å²) in [5, 5.41) is 0. The number of nitrogens with zero attached hydrogens (tertiary/aromatic N) is 5. The molecule has 0 amide bonds. The molecule has 0 radical (unpaired) electrons. The van der Waals surface area contributed by atoms with Crippen LogP contribution in [-0.4, -0.2) is 60.2 Å². The first-order chi connectivity index (χ1) is 12.6. The van der Waals surface area contributed by atoms with E-state index in [0.29, 0.717) is 18.5 Å². The molecule has 1 aromatic heterocycles. The third-order valence-electron chi connectivity index (χ3n) is 3.96. The SMILES string of the molecule is NC(=NCCOc1ccc(F)c(F)c1)N1CCN(c2ncccn2)CC1. The number of hydrogen-bond donors (Lipinski definition) is 1.